The van der Waals surface area contributed by atoms with Gasteiger partial charge in [-0.05, 0) is 61.4 Å². The van der Waals surface area contributed by atoms with Gasteiger partial charge in [-0.15, -0.1) is 0 Å². The molecule has 0 bridgehead atoms. The maximum absolute atomic E-state index is 12.6. The van der Waals surface area contributed by atoms with E-state index in [-0.39, 0.29) is 22.6 Å². The SMILES string of the molecule is C[C@@H](NC(=O)CN1CCN(c2ccc([N+](=O)[O-])cc2)CC1)c1ccc2c(c1)CCCC2. The van der Waals surface area contributed by atoms with Gasteiger partial charge >= 0.3 is 0 Å². The van der Waals surface area contributed by atoms with Crippen molar-refractivity contribution in [1.29, 1.82) is 0 Å². The molecule has 1 amide bonds. The van der Waals surface area contributed by atoms with E-state index in [2.05, 4.69) is 40.2 Å². The third kappa shape index (κ3) is 5.22. The first-order chi connectivity index (χ1) is 15.0. The van der Waals surface area contributed by atoms with Crippen LogP contribution in [0, 0.1) is 10.1 Å². The summed E-state index contributed by atoms with van der Waals surface area (Å²) in [5.41, 5.74) is 5.16. The number of nitro groups is 1. The van der Waals surface area contributed by atoms with E-state index in [0.717, 1.165) is 38.3 Å². The van der Waals surface area contributed by atoms with Gasteiger partial charge in [0.1, 0.15) is 0 Å². The number of fused-ring (bicyclic) bond motifs is 1. The van der Waals surface area contributed by atoms with Crippen LogP contribution in [0.2, 0.25) is 0 Å². The van der Waals surface area contributed by atoms with Crippen LogP contribution < -0.4 is 10.2 Å². The monoisotopic (exact) mass is 422 g/mol. The van der Waals surface area contributed by atoms with E-state index in [4.69, 9.17) is 0 Å². The van der Waals surface area contributed by atoms with Gasteiger partial charge in [-0.1, -0.05) is 18.2 Å². The number of hydrogen-bond acceptors (Lipinski definition) is 5. The Morgan fingerprint density at radius 2 is 1.71 bits per heavy atom. The number of aryl methyl sites for hydroxylation is 2. The molecular weight excluding hydrogens is 392 g/mol. The van der Waals surface area contributed by atoms with E-state index in [1.807, 2.05) is 0 Å². The maximum Gasteiger partial charge on any atom is 0.269 e. The Hall–Kier alpha value is -2.93. The highest BCUT2D eigenvalue weighted by Crippen LogP contribution is 2.25. The lowest BCUT2D eigenvalue weighted by molar-refractivity contribution is -0.384. The number of hydrogen-bond donors (Lipinski definition) is 1. The van der Waals surface area contributed by atoms with E-state index >= 15 is 0 Å². The third-order valence-electron chi connectivity index (χ3n) is 6.42. The zero-order valence-electron chi connectivity index (χ0n) is 18.0. The molecule has 0 unspecified atom stereocenters. The first kappa shape index (κ1) is 21.3. The molecule has 164 valence electrons. The summed E-state index contributed by atoms with van der Waals surface area (Å²) in [7, 11) is 0. The van der Waals surface area contributed by atoms with Gasteiger partial charge in [0, 0.05) is 44.0 Å². The van der Waals surface area contributed by atoms with Crippen molar-refractivity contribution in [2.75, 3.05) is 37.6 Å². The van der Waals surface area contributed by atoms with Crippen molar-refractivity contribution < 1.29 is 9.72 Å². The van der Waals surface area contributed by atoms with Gasteiger partial charge in [-0.25, -0.2) is 0 Å². The van der Waals surface area contributed by atoms with Crippen LogP contribution in [-0.4, -0.2) is 48.5 Å². The van der Waals surface area contributed by atoms with Gasteiger partial charge in [-0.2, -0.15) is 0 Å². The van der Waals surface area contributed by atoms with Crippen LogP contribution in [0.3, 0.4) is 0 Å². The number of nitro benzene ring substituents is 1. The number of carbonyl (C=O) groups is 1. The Bertz CT molecular complexity index is 936. The Balaban J connectivity index is 1.25. The average Bonchev–Trinajstić information content (AvgIpc) is 2.79. The molecule has 1 saturated heterocycles. The van der Waals surface area contributed by atoms with Crippen LogP contribution in [0.25, 0.3) is 0 Å². The summed E-state index contributed by atoms with van der Waals surface area (Å²) < 4.78 is 0. The fraction of sp³-hybridized carbons (Fsp3) is 0.458. The zero-order valence-corrected chi connectivity index (χ0v) is 18.0. The van der Waals surface area contributed by atoms with Gasteiger partial charge in [0.15, 0.2) is 0 Å². The Morgan fingerprint density at radius 3 is 2.39 bits per heavy atom. The first-order valence-electron chi connectivity index (χ1n) is 11.1. The normalized spacial score (nSPS) is 17.6. The molecule has 1 aliphatic carbocycles. The lowest BCUT2D eigenvalue weighted by Gasteiger charge is -2.35. The second-order valence-corrected chi connectivity index (χ2v) is 8.56. The van der Waals surface area contributed by atoms with Gasteiger partial charge in [-0.3, -0.25) is 19.8 Å². The minimum atomic E-state index is -0.383. The van der Waals surface area contributed by atoms with Crippen LogP contribution in [0.15, 0.2) is 42.5 Å². The first-order valence-corrected chi connectivity index (χ1v) is 11.1. The van der Waals surface area contributed by atoms with Crippen LogP contribution >= 0.6 is 0 Å². The Labute approximate surface area is 183 Å². The van der Waals surface area contributed by atoms with Crippen LogP contribution in [0.1, 0.15) is 42.5 Å². The van der Waals surface area contributed by atoms with E-state index in [9.17, 15) is 14.9 Å². The topological polar surface area (TPSA) is 78.7 Å². The quantitative estimate of drug-likeness (QED) is 0.570. The van der Waals surface area contributed by atoms with Crippen LogP contribution in [-0.2, 0) is 17.6 Å². The summed E-state index contributed by atoms with van der Waals surface area (Å²) in [4.78, 5) is 27.4. The lowest BCUT2D eigenvalue weighted by Crippen LogP contribution is -2.49. The maximum atomic E-state index is 12.6. The molecule has 1 N–H and O–H groups in total. The molecule has 31 heavy (non-hydrogen) atoms. The highest BCUT2D eigenvalue weighted by atomic mass is 16.6. The molecule has 7 heteroatoms. The molecule has 0 saturated carbocycles. The summed E-state index contributed by atoms with van der Waals surface area (Å²) in [5, 5.41) is 14.0. The fourth-order valence-corrected chi connectivity index (χ4v) is 4.55. The van der Waals surface area contributed by atoms with E-state index in [1.165, 1.54) is 48.1 Å². The molecule has 1 fully saturated rings. The molecule has 0 aromatic heterocycles. The molecule has 7 nitrogen and oxygen atoms in total. The van der Waals surface area contributed by atoms with E-state index < -0.39 is 0 Å². The van der Waals surface area contributed by atoms with Gasteiger partial charge < -0.3 is 10.2 Å². The van der Waals surface area contributed by atoms with Gasteiger partial charge in [0.2, 0.25) is 5.91 Å². The summed E-state index contributed by atoms with van der Waals surface area (Å²) in [5.74, 6) is 0.0500. The van der Waals surface area contributed by atoms with Crippen molar-refractivity contribution in [2.45, 2.75) is 38.6 Å². The molecular formula is C24H30N4O3. The number of piperazine rings is 1. The summed E-state index contributed by atoms with van der Waals surface area (Å²) in [6.45, 7) is 5.62. The molecule has 2 aromatic rings. The second kappa shape index (κ2) is 9.47. The second-order valence-electron chi connectivity index (χ2n) is 8.56. The minimum absolute atomic E-state index is 0.00104. The molecule has 4 rings (SSSR count). The largest absolute Gasteiger partial charge is 0.369 e. The molecule has 0 spiro atoms. The Kier molecular flexibility index (Phi) is 6.51. The van der Waals surface area contributed by atoms with Crippen LogP contribution in [0.5, 0.6) is 0 Å². The highest BCUT2D eigenvalue weighted by molar-refractivity contribution is 5.78. The predicted octanol–water partition coefficient (Wildman–Crippen LogP) is 3.47. The van der Waals surface area contributed by atoms with Crippen molar-refractivity contribution in [2.24, 2.45) is 0 Å². The predicted molar refractivity (Wildman–Crippen MR) is 121 cm³/mol. The number of amides is 1. The number of nitrogens with one attached hydrogen (secondary N) is 1. The van der Waals surface area contributed by atoms with E-state index in [1.54, 1.807) is 12.1 Å². The summed E-state index contributed by atoms with van der Waals surface area (Å²) in [6, 6.07) is 13.3. The van der Waals surface area contributed by atoms with Crippen LogP contribution in [0.4, 0.5) is 11.4 Å². The number of benzene rings is 2. The minimum Gasteiger partial charge on any atom is -0.369 e. The van der Waals surface area contributed by atoms with Crippen molar-refractivity contribution in [1.82, 2.24) is 10.2 Å². The summed E-state index contributed by atoms with van der Waals surface area (Å²) in [6.07, 6.45) is 4.84. The molecule has 1 atom stereocenters. The number of nitrogens with zero attached hydrogens (tertiary/aromatic N) is 3. The zero-order chi connectivity index (χ0) is 21.8. The Morgan fingerprint density at radius 1 is 1.03 bits per heavy atom. The number of anilines is 1. The van der Waals surface area contributed by atoms with Gasteiger partial charge in [0.05, 0.1) is 17.5 Å². The van der Waals surface area contributed by atoms with Gasteiger partial charge in [0.25, 0.3) is 5.69 Å². The number of non-ortho nitro benzene ring substituents is 1. The fourth-order valence-electron chi connectivity index (χ4n) is 4.55. The molecule has 2 aromatic carbocycles. The number of carbonyl (C=O) groups excluding carboxylic acids is 1. The standard InChI is InChI=1S/C24H30N4O3/c1-18(20-7-6-19-4-2-3-5-21(19)16-20)25-24(29)17-26-12-14-27(15-13-26)22-8-10-23(11-9-22)28(30)31/h6-11,16,18H,2-5,12-15,17H2,1H3,(H,25,29)/t18-/m1/s1. The number of rotatable bonds is 6. The lowest BCUT2D eigenvalue weighted by atomic mass is 9.89. The van der Waals surface area contributed by atoms with Crippen molar-refractivity contribution in [3.63, 3.8) is 0 Å². The average molecular weight is 423 g/mol. The molecule has 1 aliphatic heterocycles. The summed E-state index contributed by atoms with van der Waals surface area (Å²) >= 11 is 0. The smallest absolute Gasteiger partial charge is 0.269 e. The third-order valence-corrected chi connectivity index (χ3v) is 6.42. The van der Waals surface area contributed by atoms with Crippen molar-refractivity contribution in [3.05, 3.63) is 69.3 Å². The molecule has 2 aliphatic rings. The highest BCUT2D eigenvalue weighted by Gasteiger charge is 2.21. The van der Waals surface area contributed by atoms with Crippen molar-refractivity contribution >= 4 is 17.3 Å². The molecule has 1 heterocycles. The van der Waals surface area contributed by atoms with Crippen molar-refractivity contribution in [3.8, 4) is 0 Å². The van der Waals surface area contributed by atoms with E-state index in [0.29, 0.717) is 6.54 Å². The molecule has 0 radical (unpaired) electrons.